The van der Waals surface area contributed by atoms with Gasteiger partial charge in [-0.25, -0.2) is 4.39 Å². The van der Waals surface area contributed by atoms with E-state index in [0.29, 0.717) is 11.6 Å². The SMILES string of the molecule is O=C(CN1CC=C(c2ccc(O)cc2)CC1)Nc1ccc(Cl)cc1F. The van der Waals surface area contributed by atoms with Gasteiger partial charge in [-0.05, 0) is 47.9 Å². The fourth-order valence-corrected chi connectivity index (χ4v) is 2.93. The number of benzene rings is 2. The zero-order valence-electron chi connectivity index (χ0n) is 13.5. The number of carbonyl (C=O) groups is 1. The van der Waals surface area contributed by atoms with Crippen LogP contribution >= 0.6 is 11.6 Å². The summed E-state index contributed by atoms with van der Waals surface area (Å²) in [5.41, 5.74) is 2.40. The number of phenols is 1. The zero-order valence-corrected chi connectivity index (χ0v) is 14.3. The van der Waals surface area contributed by atoms with Crippen LogP contribution in [0.3, 0.4) is 0 Å². The van der Waals surface area contributed by atoms with Crippen LogP contribution in [0.5, 0.6) is 5.75 Å². The number of carbonyl (C=O) groups excluding carboxylic acids is 1. The molecule has 25 heavy (non-hydrogen) atoms. The van der Waals surface area contributed by atoms with Crippen LogP contribution < -0.4 is 5.32 Å². The Kier molecular flexibility index (Phi) is 5.36. The van der Waals surface area contributed by atoms with Gasteiger partial charge in [0.15, 0.2) is 0 Å². The standard InChI is InChI=1S/C19H18ClFN2O2/c20-15-3-6-18(17(21)11-15)22-19(25)12-23-9-7-14(8-10-23)13-1-4-16(24)5-2-13/h1-7,11,24H,8-10,12H2,(H,22,25). The first-order valence-corrected chi connectivity index (χ1v) is 8.35. The van der Waals surface area contributed by atoms with Gasteiger partial charge in [-0.2, -0.15) is 0 Å². The average Bonchev–Trinajstić information content (AvgIpc) is 2.59. The molecule has 2 aromatic carbocycles. The first kappa shape index (κ1) is 17.5. The van der Waals surface area contributed by atoms with E-state index in [4.69, 9.17) is 11.6 Å². The summed E-state index contributed by atoms with van der Waals surface area (Å²) in [5, 5.41) is 12.2. The minimum Gasteiger partial charge on any atom is -0.508 e. The Morgan fingerprint density at radius 2 is 2.00 bits per heavy atom. The molecule has 0 atom stereocenters. The van der Waals surface area contributed by atoms with Gasteiger partial charge >= 0.3 is 0 Å². The maximum absolute atomic E-state index is 13.7. The van der Waals surface area contributed by atoms with Crippen LogP contribution in [0.15, 0.2) is 48.5 Å². The van der Waals surface area contributed by atoms with Crippen molar-refractivity contribution in [2.45, 2.75) is 6.42 Å². The molecule has 0 spiro atoms. The summed E-state index contributed by atoms with van der Waals surface area (Å²) in [6.07, 6.45) is 2.89. The van der Waals surface area contributed by atoms with E-state index < -0.39 is 5.82 Å². The van der Waals surface area contributed by atoms with Crippen molar-refractivity contribution < 1.29 is 14.3 Å². The second kappa shape index (κ2) is 7.68. The fraction of sp³-hybridized carbons (Fsp3) is 0.211. The zero-order chi connectivity index (χ0) is 17.8. The first-order chi connectivity index (χ1) is 12.0. The van der Waals surface area contributed by atoms with Gasteiger partial charge in [0.25, 0.3) is 0 Å². The number of halogens is 2. The van der Waals surface area contributed by atoms with Crippen LogP contribution in [0.4, 0.5) is 10.1 Å². The molecule has 0 aromatic heterocycles. The first-order valence-electron chi connectivity index (χ1n) is 7.97. The quantitative estimate of drug-likeness (QED) is 0.869. The Balaban J connectivity index is 1.56. The lowest BCUT2D eigenvalue weighted by Crippen LogP contribution is -2.36. The molecule has 0 saturated carbocycles. The predicted molar refractivity (Wildman–Crippen MR) is 97.2 cm³/mol. The minimum atomic E-state index is -0.547. The molecule has 1 aliphatic rings. The Bertz CT molecular complexity index is 806. The molecular formula is C19H18ClFN2O2. The highest BCUT2D eigenvalue weighted by atomic mass is 35.5. The van der Waals surface area contributed by atoms with E-state index in [2.05, 4.69) is 11.4 Å². The van der Waals surface area contributed by atoms with Crippen molar-refractivity contribution >= 4 is 28.8 Å². The number of aromatic hydroxyl groups is 1. The number of anilines is 1. The van der Waals surface area contributed by atoms with E-state index in [1.54, 1.807) is 12.1 Å². The Labute approximate surface area is 150 Å². The van der Waals surface area contributed by atoms with Crippen LogP contribution in [0.1, 0.15) is 12.0 Å². The highest BCUT2D eigenvalue weighted by molar-refractivity contribution is 6.30. The van der Waals surface area contributed by atoms with Crippen LogP contribution in [0.25, 0.3) is 5.57 Å². The van der Waals surface area contributed by atoms with Crippen molar-refractivity contribution in [1.82, 2.24) is 4.90 Å². The lowest BCUT2D eigenvalue weighted by Gasteiger charge is -2.26. The summed E-state index contributed by atoms with van der Waals surface area (Å²) in [7, 11) is 0. The van der Waals surface area contributed by atoms with E-state index in [9.17, 15) is 14.3 Å². The van der Waals surface area contributed by atoms with E-state index in [0.717, 1.165) is 18.5 Å². The molecule has 3 rings (SSSR count). The summed E-state index contributed by atoms with van der Waals surface area (Å²) < 4.78 is 13.7. The topological polar surface area (TPSA) is 52.6 Å². The van der Waals surface area contributed by atoms with Crippen LogP contribution in [0.2, 0.25) is 5.02 Å². The molecule has 2 N–H and O–H groups in total. The van der Waals surface area contributed by atoms with Gasteiger partial charge in [0, 0.05) is 18.1 Å². The summed E-state index contributed by atoms with van der Waals surface area (Å²) in [5.74, 6) is -0.565. The third kappa shape index (κ3) is 4.59. The van der Waals surface area contributed by atoms with Gasteiger partial charge in [-0.15, -0.1) is 0 Å². The highest BCUT2D eigenvalue weighted by Crippen LogP contribution is 2.24. The molecule has 0 fully saturated rings. The minimum absolute atomic E-state index is 0.131. The van der Waals surface area contributed by atoms with Crippen LogP contribution in [-0.4, -0.2) is 35.5 Å². The number of nitrogens with zero attached hydrogens (tertiary/aromatic N) is 1. The molecule has 0 unspecified atom stereocenters. The van der Waals surface area contributed by atoms with Gasteiger partial charge in [0.2, 0.25) is 5.91 Å². The Morgan fingerprint density at radius 1 is 1.24 bits per heavy atom. The number of phenolic OH excluding ortho intramolecular Hbond substituents is 1. The number of nitrogens with one attached hydrogen (secondary N) is 1. The summed E-state index contributed by atoms with van der Waals surface area (Å²) in [6, 6.07) is 11.3. The molecule has 130 valence electrons. The van der Waals surface area contributed by atoms with Gasteiger partial charge < -0.3 is 10.4 Å². The number of amides is 1. The predicted octanol–water partition coefficient (Wildman–Crippen LogP) is 3.91. The molecule has 0 saturated heterocycles. The van der Waals surface area contributed by atoms with E-state index in [1.807, 2.05) is 17.0 Å². The van der Waals surface area contributed by atoms with Gasteiger partial charge in [0.05, 0.1) is 12.2 Å². The molecule has 1 aliphatic heterocycles. The van der Waals surface area contributed by atoms with Crippen molar-refractivity contribution in [3.05, 3.63) is 64.9 Å². The van der Waals surface area contributed by atoms with Crippen molar-refractivity contribution in [3.8, 4) is 5.75 Å². The lowest BCUT2D eigenvalue weighted by atomic mass is 9.99. The molecule has 1 amide bonds. The maximum atomic E-state index is 13.7. The largest absolute Gasteiger partial charge is 0.508 e. The smallest absolute Gasteiger partial charge is 0.238 e. The van der Waals surface area contributed by atoms with E-state index in [1.165, 1.54) is 23.8 Å². The van der Waals surface area contributed by atoms with Gasteiger partial charge in [-0.3, -0.25) is 9.69 Å². The second-order valence-electron chi connectivity index (χ2n) is 5.93. The molecule has 2 aromatic rings. The van der Waals surface area contributed by atoms with Gasteiger partial charge in [-0.1, -0.05) is 29.8 Å². The summed E-state index contributed by atoms with van der Waals surface area (Å²) >= 11 is 5.70. The normalized spacial score (nSPS) is 14.9. The molecule has 0 aliphatic carbocycles. The van der Waals surface area contributed by atoms with E-state index >= 15 is 0 Å². The summed E-state index contributed by atoms with van der Waals surface area (Å²) in [6.45, 7) is 1.58. The molecular weight excluding hydrogens is 343 g/mol. The average molecular weight is 361 g/mol. The molecule has 4 nitrogen and oxygen atoms in total. The Morgan fingerprint density at radius 3 is 2.64 bits per heavy atom. The molecule has 0 radical (unpaired) electrons. The van der Waals surface area contributed by atoms with Crippen molar-refractivity contribution in [1.29, 1.82) is 0 Å². The maximum Gasteiger partial charge on any atom is 0.238 e. The van der Waals surface area contributed by atoms with Gasteiger partial charge in [0.1, 0.15) is 11.6 Å². The third-order valence-electron chi connectivity index (χ3n) is 4.10. The Hall–Kier alpha value is -2.37. The van der Waals surface area contributed by atoms with Crippen LogP contribution in [0, 0.1) is 5.82 Å². The van der Waals surface area contributed by atoms with E-state index in [-0.39, 0.29) is 23.9 Å². The van der Waals surface area contributed by atoms with Crippen molar-refractivity contribution in [2.24, 2.45) is 0 Å². The number of rotatable bonds is 4. The molecule has 6 heteroatoms. The second-order valence-corrected chi connectivity index (χ2v) is 6.37. The number of hydrogen-bond donors (Lipinski definition) is 2. The third-order valence-corrected chi connectivity index (χ3v) is 4.34. The summed E-state index contributed by atoms with van der Waals surface area (Å²) in [4.78, 5) is 14.1. The highest BCUT2D eigenvalue weighted by Gasteiger charge is 2.16. The van der Waals surface area contributed by atoms with Crippen molar-refractivity contribution in [3.63, 3.8) is 0 Å². The monoisotopic (exact) mass is 360 g/mol. The van der Waals surface area contributed by atoms with Crippen LogP contribution in [-0.2, 0) is 4.79 Å². The number of hydrogen-bond acceptors (Lipinski definition) is 3. The molecule has 0 bridgehead atoms. The fourth-order valence-electron chi connectivity index (χ4n) is 2.78. The lowest BCUT2D eigenvalue weighted by molar-refractivity contribution is -0.117. The molecule has 1 heterocycles. The van der Waals surface area contributed by atoms with Crippen molar-refractivity contribution in [2.75, 3.05) is 25.0 Å².